The topological polar surface area (TPSA) is 12.9 Å². The maximum atomic E-state index is 4.45. The first-order valence-corrected chi connectivity index (χ1v) is 6.27. The fraction of sp³-hybridized carbons (Fsp3) is 0.667. The van der Waals surface area contributed by atoms with Crippen molar-refractivity contribution in [3.63, 3.8) is 0 Å². The fourth-order valence-electron chi connectivity index (χ4n) is 2.34. The van der Waals surface area contributed by atoms with Crippen LogP contribution < -0.4 is 0 Å². The van der Waals surface area contributed by atoms with E-state index in [0.29, 0.717) is 11.3 Å². The van der Waals surface area contributed by atoms with Crippen LogP contribution in [0.4, 0.5) is 0 Å². The number of rotatable bonds is 3. The summed E-state index contributed by atoms with van der Waals surface area (Å²) in [5.41, 5.74) is 4.14. The second-order valence-electron chi connectivity index (χ2n) is 6.05. The van der Waals surface area contributed by atoms with E-state index in [9.17, 15) is 0 Å². The van der Waals surface area contributed by atoms with E-state index in [1.54, 1.807) is 0 Å². The average molecular weight is 219 g/mol. The Balaban J connectivity index is 2.95. The van der Waals surface area contributed by atoms with Crippen molar-refractivity contribution in [2.45, 2.75) is 60.3 Å². The number of aromatic nitrogens is 1. The molecule has 16 heavy (non-hydrogen) atoms. The third kappa shape index (κ3) is 3.96. The van der Waals surface area contributed by atoms with Gasteiger partial charge in [-0.2, -0.15) is 0 Å². The largest absolute Gasteiger partial charge is 0.258 e. The van der Waals surface area contributed by atoms with Crippen molar-refractivity contribution >= 4 is 0 Å². The quantitative estimate of drug-likeness (QED) is 0.722. The van der Waals surface area contributed by atoms with E-state index in [1.165, 1.54) is 18.4 Å². The molecule has 0 saturated carbocycles. The zero-order valence-electron chi connectivity index (χ0n) is 11.6. The molecule has 1 aromatic heterocycles. The third-order valence-electron chi connectivity index (χ3n) is 2.93. The SMILES string of the molecule is CCC(CC(C)(C)C)c1cc(C)nc(C)c1. The summed E-state index contributed by atoms with van der Waals surface area (Å²) in [6, 6.07) is 4.49. The molecule has 1 rings (SSSR count). The highest BCUT2D eigenvalue weighted by Crippen LogP contribution is 2.33. The van der Waals surface area contributed by atoms with Crippen molar-refractivity contribution in [3.05, 3.63) is 29.1 Å². The third-order valence-corrected chi connectivity index (χ3v) is 2.93. The molecular formula is C15H25N. The predicted octanol–water partition coefficient (Wildman–Crippen LogP) is 4.63. The van der Waals surface area contributed by atoms with Crippen LogP contribution in [-0.4, -0.2) is 4.98 Å². The monoisotopic (exact) mass is 219 g/mol. The van der Waals surface area contributed by atoms with Crippen LogP contribution in [0.1, 0.15) is 63.4 Å². The highest BCUT2D eigenvalue weighted by molar-refractivity contribution is 5.24. The first-order chi connectivity index (χ1) is 7.31. The number of hydrogen-bond acceptors (Lipinski definition) is 1. The lowest BCUT2D eigenvalue weighted by Crippen LogP contribution is -2.12. The van der Waals surface area contributed by atoms with E-state index in [2.05, 4.69) is 58.7 Å². The van der Waals surface area contributed by atoms with Gasteiger partial charge in [0, 0.05) is 11.4 Å². The van der Waals surface area contributed by atoms with Crippen LogP contribution >= 0.6 is 0 Å². The number of hydrogen-bond donors (Lipinski definition) is 0. The van der Waals surface area contributed by atoms with Gasteiger partial charge in [0.1, 0.15) is 0 Å². The van der Waals surface area contributed by atoms with Gasteiger partial charge < -0.3 is 0 Å². The lowest BCUT2D eigenvalue weighted by atomic mass is 9.80. The van der Waals surface area contributed by atoms with Crippen LogP contribution in [-0.2, 0) is 0 Å². The molecule has 1 heteroatoms. The van der Waals surface area contributed by atoms with Crippen LogP contribution in [0.25, 0.3) is 0 Å². The summed E-state index contributed by atoms with van der Waals surface area (Å²) in [5.74, 6) is 0.667. The molecule has 0 aliphatic rings. The molecule has 0 aromatic carbocycles. The van der Waals surface area contributed by atoms with Crippen LogP contribution in [0.3, 0.4) is 0 Å². The Hall–Kier alpha value is -0.850. The minimum atomic E-state index is 0.395. The molecule has 1 atom stereocenters. The summed E-state index contributed by atoms with van der Waals surface area (Å²) < 4.78 is 0. The second-order valence-corrected chi connectivity index (χ2v) is 6.05. The Labute approximate surface area is 100 Å². The zero-order valence-corrected chi connectivity index (χ0v) is 11.6. The summed E-state index contributed by atoms with van der Waals surface area (Å²) in [6.45, 7) is 13.4. The normalized spacial score (nSPS) is 13.9. The maximum absolute atomic E-state index is 4.45. The van der Waals surface area contributed by atoms with E-state index in [0.717, 1.165) is 11.4 Å². The Morgan fingerprint density at radius 2 is 1.62 bits per heavy atom. The molecule has 1 aromatic rings. The van der Waals surface area contributed by atoms with Gasteiger partial charge in [-0.25, -0.2) is 0 Å². The van der Waals surface area contributed by atoms with Gasteiger partial charge in [0.05, 0.1) is 0 Å². The van der Waals surface area contributed by atoms with Crippen LogP contribution in [0, 0.1) is 19.3 Å². The van der Waals surface area contributed by atoms with E-state index in [1.807, 2.05) is 0 Å². The number of nitrogens with zero attached hydrogens (tertiary/aromatic N) is 1. The molecule has 1 nitrogen and oxygen atoms in total. The first-order valence-electron chi connectivity index (χ1n) is 6.27. The van der Waals surface area contributed by atoms with E-state index in [-0.39, 0.29) is 0 Å². The number of pyridine rings is 1. The Morgan fingerprint density at radius 3 is 2.00 bits per heavy atom. The van der Waals surface area contributed by atoms with Crippen LogP contribution in [0.15, 0.2) is 12.1 Å². The highest BCUT2D eigenvalue weighted by atomic mass is 14.7. The van der Waals surface area contributed by atoms with Crippen molar-refractivity contribution in [1.82, 2.24) is 4.98 Å². The molecule has 0 saturated heterocycles. The smallest absolute Gasteiger partial charge is 0.0378 e. The summed E-state index contributed by atoms with van der Waals surface area (Å²) >= 11 is 0. The predicted molar refractivity (Wildman–Crippen MR) is 70.8 cm³/mol. The minimum Gasteiger partial charge on any atom is -0.258 e. The molecule has 0 aliphatic carbocycles. The molecular weight excluding hydrogens is 194 g/mol. The van der Waals surface area contributed by atoms with Gasteiger partial charge >= 0.3 is 0 Å². The van der Waals surface area contributed by atoms with E-state index < -0.39 is 0 Å². The van der Waals surface area contributed by atoms with Crippen molar-refractivity contribution in [1.29, 1.82) is 0 Å². The first kappa shape index (κ1) is 13.2. The Morgan fingerprint density at radius 1 is 1.12 bits per heavy atom. The van der Waals surface area contributed by atoms with Gasteiger partial charge in [-0.05, 0) is 55.7 Å². The molecule has 0 N–H and O–H groups in total. The maximum Gasteiger partial charge on any atom is 0.0378 e. The molecule has 1 heterocycles. The van der Waals surface area contributed by atoms with Crippen molar-refractivity contribution in [2.75, 3.05) is 0 Å². The average Bonchev–Trinajstić information content (AvgIpc) is 2.11. The van der Waals surface area contributed by atoms with Gasteiger partial charge in [-0.3, -0.25) is 4.98 Å². The number of aryl methyl sites for hydroxylation is 2. The van der Waals surface area contributed by atoms with Gasteiger partial charge in [0.2, 0.25) is 0 Å². The minimum absolute atomic E-state index is 0.395. The van der Waals surface area contributed by atoms with Crippen molar-refractivity contribution in [3.8, 4) is 0 Å². The summed E-state index contributed by atoms with van der Waals surface area (Å²) in [7, 11) is 0. The molecule has 90 valence electrons. The fourth-order valence-corrected chi connectivity index (χ4v) is 2.34. The highest BCUT2D eigenvalue weighted by Gasteiger charge is 2.19. The van der Waals surface area contributed by atoms with Gasteiger partial charge in [-0.15, -0.1) is 0 Å². The van der Waals surface area contributed by atoms with Gasteiger partial charge in [0.25, 0.3) is 0 Å². The lowest BCUT2D eigenvalue weighted by Gasteiger charge is -2.25. The Kier molecular flexibility index (Phi) is 4.12. The van der Waals surface area contributed by atoms with Gasteiger partial charge in [0.15, 0.2) is 0 Å². The lowest BCUT2D eigenvalue weighted by molar-refractivity contribution is 0.335. The van der Waals surface area contributed by atoms with Crippen LogP contribution in [0.2, 0.25) is 0 Å². The molecule has 0 bridgehead atoms. The standard InChI is InChI=1S/C15H25N/c1-7-13(10-15(4,5)6)14-8-11(2)16-12(3)9-14/h8-9,13H,7,10H2,1-6H3. The second kappa shape index (κ2) is 4.99. The van der Waals surface area contributed by atoms with Crippen molar-refractivity contribution in [2.24, 2.45) is 5.41 Å². The van der Waals surface area contributed by atoms with E-state index >= 15 is 0 Å². The van der Waals surface area contributed by atoms with E-state index in [4.69, 9.17) is 0 Å². The van der Waals surface area contributed by atoms with Crippen molar-refractivity contribution < 1.29 is 0 Å². The molecule has 0 fully saturated rings. The molecule has 1 unspecified atom stereocenters. The zero-order chi connectivity index (χ0) is 12.3. The molecule has 0 radical (unpaired) electrons. The molecule has 0 aliphatic heterocycles. The molecule has 0 spiro atoms. The van der Waals surface area contributed by atoms with Gasteiger partial charge in [-0.1, -0.05) is 27.7 Å². The molecule has 0 amide bonds. The van der Waals surface area contributed by atoms with Crippen LogP contribution in [0.5, 0.6) is 0 Å². The summed E-state index contributed by atoms with van der Waals surface area (Å²) in [5, 5.41) is 0. The summed E-state index contributed by atoms with van der Waals surface area (Å²) in [6.07, 6.45) is 2.45. The Bertz CT molecular complexity index is 327. The summed E-state index contributed by atoms with van der Waals surface area (Å²) in [4.78, 5) is 4.45.